The molecular formula is C13H24N4O2. The summed E-state index contributed by atoms with van der Waals surface area (Å²) >= 11 is 0. The number of rotatable bonds is 3. The summed E-state index contributed by atoms with van der Waals surface area (Å²) in [5.41, 5.74) is 6.09. The number of nitrogens with one attached hydrogen (secondary N) is 2. The van der Waals surface area contributed by atoms with Crippen LogP contribution in [0.25, 0.3) is 0 Å². The van der Waals surface area contributed by atoms with Gasteiger partial charge in [-0.05, 0) is 38.5 Å². The van der Waals surface area contributed by atoms with E-state index in [4.69, 9.17) is 5.73 Å². The summed E-state index contributed by atoms with van der Waals surface area (Å²) in [6, 6.07) is -0.426. The third-order valence-corrected chi connectivity index (χ3v) is 4.44. The molecule has 1 aliphatic carbocycles. The van der Waals surface area contributed by atoms with Crippen molar-refractivity contribution in [3.8, 4) is 0 Å². The highest BCUT2D eigenvalue weighted by Gasteiger charge is 2.43. The molecule has 1 heterocycles. The molecule has 4 unspecified atom stereocenters. The fourth-order valence-corrected chi connectivity index (χ4v) is 3.25. The molecule has 1 aliphatic heterocycles. The first kappa shape index (κ1) is 14.3. The fraction of sp³-hybridized carbons (Fsp3) is 0.846. The smallest absolute Gasteiger partial charge is 0.321 e. The first-order valence-electron chi connectivity index (χ1n) is 7.11. The minimum Gasteiger partial charge on any atom is -0.338 e. The normalized spacial score (nSPS) is 31.8. The van der Waals surface area contributed by atoms with Crippen LogP contribution in [0.1, 0.15) is 26.7 Å². The average molecular weight is 268 g/mol. The van der Waals surface area contributed by atoms with Gasteiger partial charge in [-0.25, -0.2) is 4.79 Å². The second-order valence-electron chi connectivity index (χ2n) is 5.64. The fourth-order valence-electron chi connectivity index (χ4n) is 3.25. The van der Waals surface area contributed by atoms with Crippen molar-refractivity contribution in [2.45, 2.75) is 38.8 Å². The molecule has 0 spiro atoms. The van der Waals surface area contributed by atoms with Crippen LogP contribution in [-0.4, -0.2) is 48.6 Å². The second kappa shape index (κ2) is 5.88. The van der Waals surface area contributed by atoms with Crippen LogP contribution in [0, 0.1) is 11.8 Å². The summed E-state index contributed by atoms with van der Waals surface area (Å²) in [6.07, 6.45) is 2.26. The van der Waals surface area contributed by atoms with Gasteiger partial charge >= 0.3 is 6.03 Å². The van der Waals surface area contributed by atoms with E-state index in [1.807, 2.05) is 13.8 Å². The van der Waals surface area contributed by atoms with Crippen LogP contribution < -0.4 is 16.4 Å². The number of nitrogens with zero attached hydrogens (tertiary/aromatic N) is 1. The molecule has 6 nitrogen and oxygen atoms in total. The van der Waals surface area contributed by atoms with Crippen LogP contribution in [0.4, 0.5) is 4.79 Å². The molecule has 1 saturated heterocycles. The van der Waals surface area contributed by atoms with Crippen LogP contribution in [0.15, 0.2) is 0 Å². The maximum Gasteiger partial charge on any atom is 0.321 e. The van der Waals surface area contributed by atoms with Crippen LogP contribution in [-0.2, 0) is 4.79 Å². The molecule has 2 aliphatic rings. The first-order chi connectivity index (χ1) is 9.02. The Hall–Kier alpha value is -1.14. The van der Waals surface area contributed by atoms with Gasteiger partial charge in [-0.1, -0.05) is 0 Å². The van der Waals surface area contributed by atoms with E-state index in [1.54, 1.807) is 0 Å². The minimum absolute atomic E-state index is 0.237. The molecule has 2 rings (SSSR count). The molecule has 19 heavy (non-hydrogen) atoms. The summed E-state index contributed by atoms with van der Waals surface area (Å²) in [5, 5.41) is 4.93. The van der Waals surface area contributed by atoms with Gasteiger partial charge in [0.05, 0.1) is 6.04 Å². The summed E-state index contributed by atoms with van der Waals surface area (Å²) in [7, 11) is 0. The summed E-state index contributed by atoms with van der Waals surface area (Å²) < 4.78 is 0. The molecule has 0 aromatic heterocycles. The van der Waals surface area contributed by atoms with Crippen molar-refractivity contribution in [3.05, 3.63) is 0 Å². The van der Waals surface area contributed by atoms with Gasteiger partial charge in [0.15, 0.2) is 0 Å². The van der Waals surface area contributed by atoms with Crippen molar-refractivity contribution in [1.82, 2.24) is 15.5 Å². The van der Waals surface area contributed by atoms with Crippen LogP contribution >= 0.6 is 0 Å². The number of urea groups is 1. The number of nitrogens with two attached hydrogens (primary N) is 1. The Labute approximate surface area is 114 Å². The minimum atomic E-state index is -0.421. The zero-order valence-electron chi connectivity index (χ0n) is 11.7. The lowest BCUT2D eigenvalue weighted by Crippen LogP contribution is -2.49. The van der Waals surface area contributed by atoms with E-state index in [1.165, 1.54) is 0 Å². The van der Waals surface area contributed by atoms with Gasteiger partial charge in [0.2, 0.25) is 5.91 Å². The number of likely N-dealkylation sites (tertiary alicyclic amines) is 1. The highest BCUT2D eigenvalue weighted by atomic mass is 16.2. The molecule has 3 amide bonds. The van der Waals surface area contributed by atoms with Crippen molar-refractivity contribution in [3.63, 3.8) is 0 Å². The number of imide groups is 1. The number of hydrogen-bond acceptors (Lipinski definition) is 4. The number of hydrogen-bond donors (Lipinski definition) is 3. The number of carbonyl (C=O) groups is 2. The standard InChI is InChI=1S/C13H24N4O2/c1-3-15-13(19)16-12(18)8(2)17-6-9-4-5-11(14)10(9)7-17/h8-11H,3-7,14H2,1-2H3,(H2,15,16,18,19). The Morgan fingerprint density at radius 1 is 1.37 bits per heavy atom. The maximum absolute atomic E-state index is 12.0. The molecule has 1 saturated carbocycles. The summed E-state index contributed by atoms with van der Waals surface area (Å²) in [4.78, 5) is 25.5. The van der Waals surface area contributed by atoms with Crippen molar-refractivity contribution in [2.75, 3.05) is 19.6 Å². The Kier molecular flexibility index (Phi) is 4.42. The zero-order valence-corrected chi connectivity index (χ0v) is 11.7. The van der Waals surface area contributed by atoms with E-state index in [0.717, 1.165) is 25.9 Å². The topological polar surface area (TPSA) is 87.5 Å². The summed E-state index contributed by atoms with van der Waals surface area (Å²) in [5.74, 6) is 0.897. The molecule has 0 bridgehead atoms. The highest BCUT2D eigenvalue weighted by molar-refractivity contribution is 5.96. The molecule has 108 valence electrons. The second-order valence-corrected chi connectivity index (χ2v) is 5.64. The SMILES string of the molecule is CCNC(=O)NC(=O)C(C)N1CC2CCC(N)C2C1. The van der Waals surface area contributed by atoms with Gasteiger partial charge in [0.1, 0.15) is 0 Å². The molecule has 0 aromatic carbocycles. The average Bonchev–Trinajstić information content (AvgIpc) is 2.91. The zero-order chi connectivity index (χ0) is 14.0. The number of carbonyl (C=O) groups excluding carboxylic acids is 2. The third kappa shape index (κ3) is 3.06. The number of amides is 3. The van der Waals surface area contributed by atoms with Gasteiger partial charge in [-0.3, -0.25) is 15.0 Å². The third-order valence-electron chi connectivity index (χ3n) is 4.44. The Morgan fingerprint density at radius 3 is 2.74 bits per heavy atom. The van der Waals surface area contributed by atoms with Crippen molar-refractivity contribution in [1.29, 1.82) is 0 Å². The molecule has 0 aromatic rings. The molecular weight excluding hydrogens is 244 g/mol. The monoisotopic (exact) mass is 268 g/mol. The lowest BCUT2D eigenvalue weighted by atomic mass is 9.98. The highest BCUT2D eigenvalue weighted by Crippen LogP contribution is 2.37. The predicted octanol–water partition coefficient (Wildman–Crippen LogP) is -0.110. The van der Waals surface area contributed by atoms with E-state index in [9.17, 15) is 9.59 Å². The quantitative estimate of drug-likeness (QED) is 0.666. The molecule has 4 N–H and O–H groups in total. The van der Waals surface area contributed by atoms with Crippen LogP contribution in [0.2, 0.25) is 0 Å². The first-order valence-corrected chi connectivity index (χ1v) is 7.11. The van der Waals surface area contributed by atoms with E-state index in [-0.39, 0.29) is 18.0 Å². The molecule has 0 radical (unpaired) electrons. The van der Waals surface area contributed by atoms with Crippen molar-refractivity contribution < 1.29 is 9.59 Å². The van der Waals surface area contributed by atoms with Gasteiger partial charge in [0, 0.05) is 25.7 Å². The Bertz CT molecular complexity index is 361. The van der Waals surface area contributed by atoms with Gasteiger partial charge in [-0.2, -0.15) is 0 Å². The van der Waals surface area contributed by atoms with E-state index < -0.39 is 6.03 Å². The Morgan fingerprint density at radius 2 is 2.11 bits per heavy atom. The van der Waals surface area contributed by atoms with E-state index in [0.29, 0.717) is 18.4 Å². The molecule has 2 fully saturated rings. The lowest BCUT2D eigenvalue weighted by molar-refractivity contribution is -0.124. The van der Waals surface area contributed by atoms with Crippen molar-refractivity contribution in [2.24, 2.45) is 17.6 Å². The molecule has 4 atom stereocenters. The van der Waals surface area contributed by atoms with Crippen LogP contribution in [0.5, 0.6) is 0 Å². The van der Waals surface area contributed by atoms with Crippen molar-refractivity contribution >= 4 is 11.9 Å². The Balaban J connectivity index is 1.85. The maximum atomic E-state index is 12.0. The predicted molar refractivity (Wildman–Crippen MR) is 72.4 cm³/mol. The lowest BCUT2D eigenvalue weighted by Gasteiger charge is -2.24. The van der Waals surface area contributed by atoms with E-state index >= 15 is 0 Å². The van der Waals surface area contributed by atoms with Gasteiger partial charge < -0.3 is 11.1 Å². The van der Waals surface area contributed by atoms with Gasteiger partial charge in [0.25, 0.3) is 0 Å². The number of fused-ring (bicyclic) bond motifs is 1. The van der Waals surface area contributed by atoms with Gasteiger partial charge in [-0.15, -0.1) is 0 Å². The molecule has 6 heteroatoms. The largest absolute Gasteiger partial charge is 0.338 e. The summed E-state index contributed by atoms with van der Waals surface area (Å²) in [6.45, 7) is 5.96. The van der Waals surface area contributed by atoms with E-state index in [2.05, 4.69) is 15.5 Å². The van der Waals surface area contributed by atoms with Crippen LogP contribution in [0.3, 0.4) is 0 Å².